The molecule has 0 aromatic carbocycles. The first-order valence-electron chi connectivity index (χ1n) is 8.38. The molecule has 1 saturated heterocycles. The zero-order valence-electron chi connectivity index (χ0n) is 14.6. The van der Waals surface area contributed by atoms with Crippen LogP contribution in [-0.4, -0.2) is 56.2 Å². The Balaban J connectivity index is 2.08. The van der Waals surface area contributed by atoms with Crippen molar-refractivity contribution in [1.29, 1.82) is 0 Å². The molecule has 0 spiro atoms. The zero-order valence-corrected chi connectivity index (χ0v) is 15.4. The number of rotatable bonds is 7. The molecule has 0 unspecified atom stereocenters. The maximum atomic E-state index is 12.3. The van der Waals surface area contributed by atoms with E-state index < -0.39 is 0 Å². The predicted octanol–water partition coefficient (Wildman–Crippen LogP) is 2.39. The van der Waals surface area contributed by atoms with E-state index in [1.807, 2.05) is 10.3 Å². The van der Waals surface area contributed by atoms with Gasteiger partial charge in [0.25, 0.3) is 0 Å². The van der Waals surface area contributed by atoms with Crippen molar-refractivity contribution in [2.45, 2.75) is 27.2 Å². The highest BCUT2D eigenvalue weighted by atomic mass is 32.1. The van der Waals surface area contributed by atoms with E-state index in [1.165, 1.54) is 11.3 Å². The second-order valence-electron chi connectivity index (χ2n) is 6.22. The lowest BCUT2D eigenvalue weighted by molar-refractivity contribution is -0.118. The summed E-state index contributed by atoms with van der Waals surface area (Å²) in [4.78, 5) is 26.7. The van der Waals surface area contributed by atoms with E-state index in [9.17, 15) is 9.59 Å². The Kier molecular flexibility index (Phi) is 7.20. The van der Waals surface area contributed by atoms with Gasteiger partial charge in [0.15, 0.2) is 0 Å². The number of carbonyl (C=O) groups excluding carboxylic acids is 2. The number of hydrogen-bond acceptors (Lipinski definition) is 6. The summed E-state index contributed by atoms with van der Waals surface area (Å²) in [6.07, 6.45) is 0.782. The zero-order chi connectivity index (χ0) is 17.5. The first kappa shape index (κ1) is 18.9. The van der Waals surface area contributed by atoms with Crippen LogP contribution in [0.25, 0.3) is 0 Å². The Labute approximate surface area is 147 Å². The van der Waals surface area contributed by atoms with Gasteiger partial charge in [-0.3, -0.25) is 9.69 Å². The molecule has 1 fully saturated rings. The molecular formula is C17H26N2O4S. The number of nitrogens with one attached hydrogen (secondary N) is 1. The van der Waals surface area contributed by atoms with Crippen molar-refractivity contribution < 1.29 is 19.1 Å². The Morgan fingerprint density at radius 1 is 1.38 bits per heavy atom. The number of nitrogens with zero attached hydrogens (tertiary/aromatic N) is 1. The van der Waals surface area contributed by atoms with Gasteiger partial charge in [-0.2, -0.15) is 0 Å². The number of anilines is 1. The molecule has 1 amide bonds. The maximum absolute atomic E-state index is 12.3. The number of thiophene rings is 1. The van der Waals surface area contributed by atoms with Crippen LogP contribution in [0.5, 0.6) is 0 Å². The third-order valence-corrected chi connectivity index (χ3v) is 4.64. The van der Waals surface area contributed by atoms with Crippen molar-refractivity contribution in [1.82, 2.24) is 4.90 Å². The van der Waals surface area contributed by atoms with Crippen LogP contribution in [-0.2, 0) is 20.7 Å². The lowest BCUT2D eigenvalue weighted by Crippen LogP contribution is -2.41. The van der Waals surface area contributed by atoms with Gasteiger partial charge in [0, 0.05) is 13.1 Å². The molecule has 0 saturated carbocycles. The summed E-state index contributed by atoms with van der Waals surface area (Å²) < 4.78 is 10.5. The summed E-state index contributed by atoms with van der Waals surface area (Å²) in [6, 6.07) is 0. The van der Waals surface area contributed by atoms with Crippen LogP contribution in [0, 0.1) is 5.92 Å². The quantitative estimate of drug-likeness (QED) is 0.762. The van der Waals surface area contributed by atoms with Gasteiger partial charge in [-0.05, 0) is 30.2 Å². The third-order valence-electron chi connectivity index (χ3n) is 3.70. The van der Waals surface area contributed by atoms with Crippen LogP contribution in [0.15, 0.2) is 5.38 Å². The minimum atomic E-state index is -0.365. The molecule has 2 rings (SSSR count). The Morgan fingerprint density at radius 3 is 2.71 bits per heavy atom. The van der Waals surface area contributed by atoms with E-state index >= 15 is 0 Å². The molecule has 7 heteroatoms. The van der Waals surface area contributed by atoms with Gasteiger partial charge >= 0.3 is 5.97 Å². The molecule has 2 heterocycles. The summed E-state index contributed by atoms with van der Waals surface area (Å²) in [6.45, 7) is 9.41. The largest absolute Gasteiger partial charge is 0.462 e. The summed E-state index contributed by atoms with van der Waals surface area (Å²) in [5, 5.41) is 5.41. The van der Waals surface area contributed by atoms with Gasteiger partial charge in [-0.15, -0.1) is 11.3 Å². The van der Waals surface area contributed by atoms with Gasteiger partial charge in [0.05, 0.1) is 31.9 Å². The molecule has 0 radical (unpaired) electrons. The summed E-state index contributed by atoms with van der Waals surface area (Å²) in [7, 11) is 0. The predicted molar refractivity (Wildman–Crippen MR) is 94.7 cm³/mol. The van der Waals surface area contributed by atoms with Crippen LogP contribution in [0.3, 0.4) is 0 Å². The van der Waals surface area contributed by atoms with E-state index in [4.69, 9.17) is 9.47 Å². The molecule has 1 aromatic heterocycles. The first-order chi connectivity index (χ1) is 11.5. The standard InChI is InChI=1S/C17H26N2O4S/c1-4-23-17(21)15-13(9-12(2)3)11-24-16(15)18-14(20)10-19-5-7-22-8-6-19/h11-12H,4-10H2,1-3H3,(H,18,20). The van der Waals surface area contributed by atoms with Crippen molar-refractivity contribution in [2.75, 3.05) is 44.8 Å². The lowest BCUT2D eigenvalue weighted by Gasteiger charge is -2.25. The molecule has 0 aliphatic carbocycles. The molecule has 1 aromatic rings. The normalized spacial score (nSPS) is 15.5. The summed E-state index contributed by atoms with van der Waals surface area (Å²) >= 11 is 1.39. The van der Waals surface area contributed by atoms with Gasteiger partial charge in [-0.1, -0.05) is 13.8 Å². The molecule has 6 nitrogen and oxygen atoms in total. The van der Waals surface area contributed by atoms with E-state index in [0.717, 1.165) is 25.1 Å². The second kappa shape index (κ2) is 9.15. The second-order valence-corrected chi connectivity index (χ2v) is 7.10. The monoisotopic (exact) mass is 354 g/mol. The van der Waals surface area contributed by atoms with Crippen LogP contribution < -0.4 is 5.32 Å². The first-order valence-corrected chi connectivity index (χ1v) is 9.26. The highest BCUT2D eigenvalue weighted by Gasteiger charge is 2.23. The minimum Gasteiger partial charge on any atom is -0.462 e. The average Bonchev–Trinajstić information content (AvgIpc) is 2.90. The highest BCUT2D eigenvalue weighted by Crippen LogP contribution is 2.31. The van der Waals surface area contributed by atoms with Gasteiger partial charge in [-0.25, -0.2) is 4.79 Å². The lowest BCUT2D eigenvalue weighted by atomic mass is 10.0. The van der Waals surface area contributed by atoms with E-state index in [1.54, 1.807) is 6.92 Å². The molecule has 1 aliphatic rings. The fourth-order valence-corrected chi connectivity index (χ4v) is 3.61. The fraction of sp³-hybridized carbons (Fsp3) is 0.647. The number of amides is 1. The number of morpholine rings is 1. The van der Waals surface area contributed by atoms with Crippen molar-refractivity contribution >= 4 is 28.2 Å². The minimum absolute atomic E-state index is 0.111. The number of carbonyl (C=O) groups is 2. The Morgan fingerprint density at radius 2 is 2.08 bits per heavy atom. The summed E-state index contributed by atoms with van der Waals surface area (Å²) in [5.41, 5.74) is 1.45. The van der Waals surface area contributed by atoms with E-state index in [2.05, 4.69) is 19.2 Å². The van der Waals surface area contributed by atoms with Crippen LogP contribution >= 0.6 is 11.3 Å². The number of esters is 1. The topological polar surface area (TPSA) is 67.9 Å². The Bertz CT molecular complexity index is 565. The van der Waals surface area contributed by atoms with Crippen LogP contribution in [0.2, 0.25) is 0 Å². The molecule has 0 bridgehead atoms. The van der Waals surface area contributed by atoms with Crippen molar-refractivity contribution in [3.8, 4) is 0 Å². The number of ether oxygens (including phenoxy) is 2. The molecule has 1 aliphatic heterocycles. The van der Waals surface area contributed by atoms with E-state index in [0.29, 0.717) is 42.8 Å². The molecule has 0 atom stereocenters. The average molecular weight is 354 g/mol. The maximum Gasteiger partial charge on any atom is 0.341 e. The van der Waals surface area contributed by atoms with Crippen molar-refractivity contribution in [3.63, 3.8) is 0 Å². The smallest absolute Gasteiger partial charge is 0.341 e. The summed E-state index contributed by atoms with van der Waals surface area (Å²) in [5.74, 6) is -0.0545. The molecular weight excluding hydrogens is 328 g/mol. The van der Waals surface area contributed by atoms with Crippen LogP contribution in [0.1, 0.15) is 36.7 Å². The fourth-order valence-electron chi connectivity index (χ4n) is 2.63. The van der Waals surface area contributed by atoms with Crippen LogP contribution in [0.4, 0.5) is 5.00 Å². The molecule has 1 N–H and O–H groups in total. The number of hydrogen-bond donors (Lipinski definition) is 1. The van der Waals surface area contributed by atoms with Gasteiger partial charge in [0.1, 0.15) is 5.00 Å². The highest BCUT2D eigenvalue weighted by molar-refractivity contribution is 7.15. The van der Waals surface area contributed by atoms with Crippen molar-refractivity contribution in [3.05, 3.63) is 16.5 Å². The molecule has 134 valence electrons. The molecule has 24 heavy (non-hydrogen) atoms. The van der Waals surface area contributed by atoms with E-state index in [-0.39, 0.29) is 11.9 Å². The van der Waals surface area contributed by atoms with Gasteiger partial charge in [0.2, 0.25) is 5.91 Å². The Hall–Kier alpha value is -1.44. The van der Waals surface area contributed by atoms with Gasteiger partial charge < -0.3 is 14.8 Å². The van der Waals surface area contributed by atoms with Crippen molar-refractivity contribution in [2.24, 2.45) is 5.92 Å². The third kappa shape index (κ3) is 5.29. The SMILES string of the molecule is CCOC(=O)c1c(CC(C)C)csc1NC(=O)CN1CCOCC1.